The van der Waals surface area contributed by atoms with Crippen molar-refractivity contribution in [2.45, 2.75) is 51.4 Å². The van der Waals surface area contributed by atoms with Crippen LogP contribution in [0.4, 0.5) is 5.69 Å². The van der Waals surface area contributed by atoms with Gasteiger partial charge in [-0.2, -0.15) is 0 Å². The Morgan fingerprint density at radius 1 is 0.586 bits per heavy atom. The lowest BCUT2D eigenvalue weighted by molar-refractivity contribution is -0.138. The lowest BCUT2D eigenvalue weighted by Crippen LogP contribution is -2.14. The van der Waals surface area contributed by atoms with Gasteiger partial charge in [-0.25, -0.2) is 14.4 Å². The highest BCUT2D eigenvalue weighted by Crippen LogP contribution is 2.35. The average molecular weight is 792 g/mol. The lowest BCUT2D eigenvalue weighted by Gasteiger charge is -2.18. The van der Waals surface area contributed by atoms with E-state index in [1.165, 1.54) is 6.08 Å². The highest BCUT2D eigenvalue weighted by molar-refractivity contribution is 5.92. The zero-order chi connectivity index (χ0) is 40.8. The summed E-state index contributed by atoms with van der Waals surface area (Å²) < 4.78 is 45.1. The fraction of sp³-hybridized carbons (Fsp3) is 0.304. The molecule has 0 amide bonds. The van der Waals surface area contributed by atoms with Crippen LogP contribution in [0.5, 0.6) is 40.2 Å². The number of hydrogen-bond donors (Lipinski definition) is 0. The number of carbonyl (C=O) groups excluding carboxylic acids is 3. The molecule has 12 heteroatoms. The molecule has 0 radical (unpaired) electrons. The maximum absolute atomic E-state index is 13.2. The Bertz CT molecular complexity index is 1990. The SMILES string of the molecule is C=CC(=O)OCCCCCCOc1ccc(Oc2ccc(OC(=O)c3ccc(OCCCCCCOC(=O)C=C)cc3)cc2C=Nc2ccc3c(c2)OCCO3)cc1. The third-order valence-electron chi connectivity index (χ3n) is 8.65. The maximum Gasteiger partial charge on any atom is 0.343 e. The standard InChI is InChI=1S/C46H49NO11/c1-3-44(48)55-27-11-7-5-9-25-51-37-16-13-34(14-17-37)46(50)58-40-22-24-41(35(31-40)33-47-36-15-23-42-43(32-36)54-30-29-53-42)57-39-20-18-38(19-21-39)52-26-10-6-8-12-28-56-45(49)4-2/h3-4,13-24,31-33H,1-2,5-12,25-30H2. The number of nitrogens with zero attached hydrogens (tertiary/aromatic N) is 1. The first kappa shape index (κ1) is 42.6. The summed E-state index contributed by atoms with van der Waals surface area (Å²) in [7, 11) is 0. The Labute approximate surface area is 339 Å². The van der Waals surface area contributed by atoms with Crippen LogP contribution in [0.15, 0.2) is 115 Å². The summed E-state index contributed by atoms with van der Waals surface area (Å²) in [6, 6.07) is 24.6. The van der Waals surface area contributed by atoms with Gasteiger partial charge in [0, 0.05) is 30.0 Å². The molecule has 4 aromatic rings. The van der Waals surface area contributed by atoms with Crippen molar-refractivity contribution < 1.29 is 52.3 Å². The topological polar surface area (TPSA) is 137 Å². The molecule has 1 aliphatic rings. The molecule has 0 spiro atoms. The fourth-order valence-corrected chi connectivity index (χ4v) is 5.58. The van der Waals surface area contributed by atoms with Gasteiger partial charge >= 0.3 is 17.9 Å². The van der Waals surface area contributed by atoms with Crippen LogP contribution < -0.4 is 28.4 Å². The minimum Gasteiger partial charge on any atom is -0.494 e. The maximum atomic E-state index is 13.2. The van der Waals surface area contributed by atoms with E-state index < -0.39 is 17.9 Å². The van der Waals surface area contributed by atoms with Crippen LogP contribution in [-0.2, 0) is 19.1 Å². The Balaban J connectivity index is 1.16. The number of benzene rings is 4. The van der Waals surface area contributed by atoms with Crippen molar-refractivity contribution in [3.63, 3.8) is 0 Å². The smallest absolute Gasteiger partial charge is 0.343 e. The molecule has 58 heavy (non-hydrogen) atoms. The zero-order valence-electron chi connectivity index (χ0n) is 32.6. The van der Waals surface area contributed by atoms with E-state index in [-0.39, 0.29) is 0 Å². The van der Waals surface area contributed by atoms with E-state index in [1.807, 2.05) is 36.4 Å². The van der Waals surface area contributed by atoms with Crippen LogP contribution in [0.2, 0.25) is 0 Å². The molecule has 304 valence electrons. The summed E-state index contributed by atoms with van der Waals surface area (Å²) in [6.45, 7) is 9.58. The van der Waals surface area contributed by atoms with Gasteiger partial charge in [-0.1, -0.05) is 13.2 Å². The number of rotatable bonds is 24. The van der Waals surface area contributed by atoms with Gasteiger partial charge in [0.25, 0.3) is 0 Å². The van der Waals surface area contributed by atoms with Gasteiger partial charge in [0.15, 0.2) is 11.5 Å². The number of carbonyl (C=O) groups is 3. The van der Waals surface area contributed by atoms with Crippen molar-refractivity contribution in [3.05, 3.63) is 121 Å². The zero-order valence-corrected chi connectivity index (χ0v) is 32.6. The predicted molar refractivity (Wildman–Crippen MR) is 219 cm³/mol. The largest absolute Gasteiger partial charge is 0.494 e. The van der Waals surface area contributed by atoms with Crippen LogP contribution in [-0.4, -0.2) is 63.8 Å². The van der Waals surface area contributed by atoms with Crippen LogP contribution in [0, 0.1) is 0 Å². The van der Waals surface area contributed by atoms with Gasteiger partial charge in [0.1, 0.15) is 42.0 Å². The van der Waals surface area contributed by atoms with Crippen LogP contribution >= 0.6 is 0 Å². The van der Waals surface area contributed by atoms with Gasteiger partial charge in [0.05, 0.1) is 37.7 Å². The molecule has 0 bridgehead atoms. The first-order valence-electron chi connectivity index (χ1n) is 19.4. The van der Waals surface area contributed by atoms with Crippen molar-refractivity contribution in [2.75, 3.05) is 39.6 Å². The normalized spacial score (nSPS) is 11.7. The van der Waals surface area contributed by atoms with Crippen LogP contribution in [0.3, 0.4) is 0 Å². The second kappa shape index (κ2) is 23.5. The molecule has 0 atom stereocenters. The molecule has 4 aromatic carbocycles. The summed E-state index contributed by atoms with van der Waals surface area (Å²) in [5, 5.41) is 0. The molecule has 1 heterocycles. The Morgan fingerprint density at radius 2 is 1.12 bits per heavy atom. The van der Waals surface area contributed by atoms with E-state index in [9.17, 15) is 14.4 Å². The van der Waals surface area contributed by atoms with Crippen molar-refractivity contribution in [2.24, 2.45) is 4.99 Å². The number of esters is 3. The summed E-state index contributed by atoms with van der Waals surface area (Å²) >= 11 is 0. The van der Waals surface area contributed by atoms with E-state index in [0.717, 1.165) is 57.4 Å². The molecular weight excluding hydrogens is 743 g/mol. The molecule has 0 aliphatic carbocycles. The van der Waals surface area contributed by atoms with E-state index in [0.29, 0.717) is 96.7 Å². The number of unbranched alkanes of at least 4 members (excludes halogenated alkanes) is 6. The van der Waals surface area contributed by atoms with E-state index in [4.69, 9.17) is 37.9 Å². The molecule has 1 aliphatic heterocycles. The second-order valence-electron chi connectivity index (χ2n) is 13.0. The summed E-state index contributed by atoms with van der Waals surface area (Å²) in [4.78, 5) is 40.1. The minimum atomic E-state index is -0.531. The van der Waals surface area contributed by atoms with Gasteiger partial charge in [-0.05, 0) is 130 Å². The van der Waals surface area contributed by atoms with Gasteiger partial charge in [-0.3, -0.25) is 4.99 Å². The monoisotopic (exact) mass is 791 g/mol. The molecule has 12 nitrogen and oxygen atoms in total. The Kier molecular flexibility index (Phi) is 17.2. The van der Waals surface area contributed by atoms with Gasteiger partial charge in [-0.15, -0.1) is 0 Å². The average Bonchev–Trinajstić information content (AvgIpc) is 3.25. The number of hydrogen-bond acceptors (Lipinski definition) is 12. The van der Waals surface area contributed by atoms with Crippen molar-refractivity contribution >= 4 is 29.8 Å². The van der Waals surface area contributed by atoms with E-state index >= 15 is 0 Å². The lowest BCUT2D eigenvalue weighted by atomic mass is 10.2. The highest BCUT2D eigenvalue weighted by atomic mass is 16.6. The predicted octanol–water partition coefficient (Wildman–Crippen LogP) is 9.56. The number of ether oxygens (including phenoxy) is 8. The van der Waals surface area contributed by atoms with Crippen molar-refractivity contribution in [1.82, 2.24) is 0 Å². The molecular formula is C46H49NO11. The van der Waals surface area contributed by atoms with Crippen molar-refractivity contribution in [3.8, 4) is 40.2 Å². The van der Waals surface area contributed by atoms with E-state index in [2.05, 4.69) is 18.2 Å². The third-order valence-corrected chi connectivity index (χ3v) is 8.65. The van der Waals surface area contributed by atoms with Gasteiger partial charge in [0.2, 0.25) is 0 Å². The molecule has 5 rings (SSSR count). The van der Waals surface area contributed by atoms with Crippen LogP contribution in [0.25, 0.3) is 0 Å². The highest BCUT2D eigenvalue weighted by Gasteiger charge is 2.14. The Morgan fingerprint density at radius 3 is 1.72 bits per heavy atom. The molecule has 0 unspecified atom stereocenters. The quantitative estimate of drug-likeness (QED) is 0.0221. The molecule has 0 N–H and O–H groups in total. The first-order chi connectivity index (χ1) is 28.4. The van der Waals surface area contributed by atoms with Crippen molar-refractivity contribution in [1.29, 1.82) is 0 Å². The Hall–Kier alpha value is -6.56. The number of fused-ring (bicyclic) bond motifs is 1. The summed E-state index contributed by atoms with van der Waals surface area (Å²) in [5.41, 5.74) is 1.58. The molecule has 0 saturated heterocycles. The first-order valence-corrected chi connectivity index (χ1v) is 19.4. The fourth-order valence-electron chi connectivity index (χ4n) is 5.58. The van der Waals surface area contributed by atoms with Crippen LogP contribution in [0.1, 0.15) is 67.3 Å². The molecule has 0 fully saturated rings. The summed E-state index contributed by atoms with van der Waals surface area (Å²) in [5.74, 6) is 2.68. The second-order valence-corrected chi connectivity index (χ2v) is 13.0. The minimum absolute atomic E-state index is 0.307. The van der Waals surface area contributed by atoms with E-state index in [1.54, 1.807) is 54.7 Å². The third kappa shape index (κ3) is 14.5. The molecule has 0 aromatic heterocycles. The van der Waals surface area contributed by atoms with Gasteiger partial charge < -0.3 is 37.9 Å². The number of aliphatic imine (C=N–C) groups is 1. The molecule has 0 saturated carbocycles. The summed E-state index contributed by atoms with van der Waals surface area (Å²) in [6.07, 6.45) is 11.0.